The van der Waals surface area contributed by atoms with Gasteiger partial charge in [0.15, 0.2) is 4.80 Å². The second kappa shape index (κ2) is 10.00. The first-order chi connectivity index (χ1) is 17.8. The van der Waals surface area contributed by atoms with Gasteiger partial charge in [0.25, 0.3) is 5.56 Å². The van der Waals surface area contributed by atoms with Gasteiger partial charge in [-0.15, -0.1) is 0 Å². The first-order valence-electron chi connectivity index (χ1n) is 12.0. The summed E-state index contributed by atoms with van der Waals surface area (Å²) in [7, 11) is 0. The highest BCUT2D eigenvalue weighted by atomic mass is 35.5. The van der Waals surface area contributed by atoms with E-state index in [1.54, 1.807) is 24.5 Å². The molecule has 0 fully saturated rings. The van der Waals surface area contributed by atoms with Crippen LogP contribution < -0.4 is 14.9 Å². The number of para-hydroxylation sites is 1. The topological polar surface area (TPSA) is 65.6 Å². The quantitative estimate of drug-likeness (QED) is 0.345. The summed E-state index contributed by atoms with van der Waals surface area (Å²) in [5.74, 6) is -0.505. The number of rotatable bonds is 5. The van der Waals surface area contributed by atoms with E-state index in [2.05, 4.69) is 27.8 Å². The number of hydrogen-bond donors (Lipinski definition) is 0. The third-order valence-electron chi connectivity index (χ3n) is 6.49. The minimum absolute atomic E-state index is 0.215. The lowest BCUT2D eigenvalue weighted by Gasteiger charge is -2.25. The summed E-state index contributed by atoms with van der Waals surface area (Å²) < 4.78 is 9.61. The molecule has 0 amide bonds. The van der Waals surface area contributed by atoms with E-state index in [0.29, 0.717) is 31.2 Å². The normalized spacial score (nSPS) is 15.5. The number of nitrogens with zero attached hydrogens (tertiary/aromatic N) is 3. The smallest absolute Gasteiger partial charge is 0.338 e. The van der Waals surface area contributed by atoms with Crippen LogP contribution in [0, 0.1) is 13.8 Å². The monoisotopic (exact) mass is 531 g/mol. The molecule has 188 valence electrons. The molecule has 2 aromatic heterocycles. The van der Waals surface area contributed by atoms with Crippen molar-refractivity contribution in [1.82, 2.24) is 9.13 Å². The lowest BCUT2D eigenvalue weighted by atomic mass is 9.96. The molecule has 0 aliphatic carbocycles. The molecule has 8 heteroatoms. The molecule has 5 rings (SSSR count). The van der Waals surface area contributed by atoms with Gasteiger partial charge in [0, 0.05) is 22.1 Å². The molecule has 0 unspecified atom stereocenters. The third-order valence-corrected chi connectivity index (χ3v) is 7.82. The molecule has 0 spiro atoms. The highest BCUT2D eigenvalue weighted by Crippen LogP contribution is 2.34. The fraction of sp³-hybridized carbons (Fsp3) is 0.207. The van der Waals surface area contributed by atoms with E-state index in [9.17, 15) is 9.59 Å². The molecule has 37 heavy (non-hydrogen) atoms. The van der Waals surface area contributed by atoms with Crippen LogP contribution in [0.5, 0.6) is 0 Å². The number of thiazole rings is 1. The third kappa shape index (κ3) is 4.38. The number of aryl methyl sites for hydroxylation is 1. The predicted molar refractivity (Wildman–Crippen MR) is 147 cm³/mol. The molecule has 6 nitrogen and oxygen atoms in total. The number of aromatic nitrogens is 2. The highest BCUT2D eigenvalue weighted by molar-refractivity contribution is 7.07. The number of ether oxygens (including phenoxy) is 1. The van der Waals surface area contributed by atoms with Gasteiger partial charge in [0.2, 0.25) is 0 Å². The summed E-state index contributed by atoms with van der Waals surface area (Å²) in [6.45, 7) is 7.82. The number of carbonyl (C=O) groups is 1. The first-order valence-corrected chi connectivity index (χ1v) is 13.2. The number of allylic oxidation sites excluding steroid dienone is 1. The maximum atomic E-state index is 13.9. The van der Waals surface area contributed by atoms with E-state index < -0.39 is 12.0 Å². The van der Waals surface area contributed by atoms with Crippen LogP contribution in [0.3, 0.4) is 0 Å². The lowest BCUT2D eigenvalue weighted by Crippen LogP contribution is -2.40. The zero-order chi connectivity index (χ0) is 26.3. The summed E-state index contributed by atoms with van der Waals surface area (Å²) in [6, 6.07) is 18.7. The second-order valence-electron chi connectivity index (χ2n) is 8.82. The van der Waals surface area contributed by atoms with Crippen molar-refractivity contribution in [3.8, 4) is 5.69 Å². The molecule has 1 atom stereocenters. The number of esters is 1. The Morgan fingerprint density at radius 3 is 2.51 bits per heavy atom. The average molecular weight is 532 g/mol. The van der Waals surface area contributed by atoms with Crippen LogP contribution in [-0.4, -0.2) is 21.7 Å². The molecule has 0 radical (unpaired) electrons. The van der Waals surface area contributed by atoms with Crippen molar-refractivity contribution >= 4 is 35.0 Å². The van der Waals surface area contributed by atoms with E-state index in [4.69, 9.17) is 16.3 Å². The van der Waals surface area contributed by atoms with Gasteiger partial charge in [-0.05, 0) is 69.2 Å². The molecule has 0 saturated carbocycles. The first kappa shape index (κ1) is 25.0. The number of carbonyl (C=O) groups excluding carboxylic acids is 1. The standard InChI is InChI=1S/C29H26ClN3O3S/c1-5-36-28(35)25-18(3)31-29-33(26(25)22-13-9-10-14-23(22)30)27(34)24(37-29)16-20-15-17(2)32(19(20)4)21-11-7-6-8-12-21/h6-16,26H,5H2,1-4H3/b24-16-/t26-/m0/s1. The number of hydrogen-bond acceptors (Lipinski definition) is 5. The molecule has 0 N–H and O–H groups in total. The van der Waals surface area contributed by atoms with Gasteiger partial charge < -0.3 is 9.30 Å². The van der Waals surface area contributed by atoms with Crippen molar-refractivity contribution < 1.29 is 9.53 Å². The number of benzene rings is 2. The van der Waals surface area contributed by atoms with Gasteiger partial charge in [-0.1, -0.05) is 59.3 Å². The second-order valence-corrected chi connectivity index (χ2v) is 10.2. The van der Waals surface area contributed by atoms with E-state index in [-0.39, 0.29) is 12.2 Å². The van der Waals surface area contributed by atoms with Crippen molar-refractivity contribution in [1.29, 1.82) is 0 Å². The molecule has 2 aromatic carbocycles. The van der Waals surface area contributed by atoms with Crippen molar-refractivity contribution in [3.05, 3.63) is 119 Å². The Bertz CT molecular complexity index is 1730. The maximum absolute atomic E-state index is 13.9. The van der Waals surface area contributed by atoms with Gasteiger partial charge in [0.1, 0.15) is 6.04 Å². The molecule has 1 aliphatic rings. The SMILES string of the molecule is CCOC(=O)C1=C(C)N=c2s/c(=C\c3cc(C)n(-c4ccccc4)c3C)c(=O)n2[C@H]1c1ccccc1Cl. The van der Waals surface area contributed by atoms with Gasteiger partial charge in [-0.2, -0.15) is 0 Å². The van der Waals surface area contributed by atoms with Crippen LogP contribution in [-0.2, 0) is 9.53 Å². The molecule has 3 heterocycles. The minimum atomic E-state index is -0.733. The molecule has 0 bridgehead atoms. The predicted octanol–water partition coefficient (Wildman–Crippen LogP) is 4.86. The molecule has 0 saturated heterocycles. The van der Waals surface area contributed by atoms with Crippen LogP contribution in [0.4, 0.5) is 0 Å². The summed E-state index contributed by atoms with van der Waals surface area (Å²) in [5.41, 5.74) is 5.35. The van der Waals surface area contributed by atoms with E-state index in [1.165, 1.54) is 11.3 Å². The van der Waals surface area contributed by atoms with Gasteiger partial charge in [-0.3, -0.25) is 9.36 Å². The van der Waals surface area contributed by atoms with Gasteiger partial charge in [0.05, 0.1) is 22.4 Å². The fourth-order valence-corrected chi connectivity index (χ4v) is 6.11. The zero-order valence-electron chi connectivity index (χ0n) is 21.0. The Hall–Kier alpha value is -3.68. The highest BCUT2D eigenvalue weighted by Gasteiger charge is 2.34. The van der Waals surface area contributed by atoms with Crippen LogP contribution in [0.15, 0.2) is 81.7 Å². The molecular weight excluding hydrogens is 506 g/mol. The van der Waals surface area contributed by atoms with Crippen molar-refractivity contribution in [2.75, 3.05) is 6.61 Å². The average Bonchev–Trinajstić information content (AvgIpc) is 3.33. The van der Waals surface area contributed by atoms with E-state index in [0.717, 1.165) is 22.6 Å². The van der Waals surface area contributed by atoms with Crippen LogP contribution >= 0.6 is 22.9 Å². The maximum Gasteiger partial charge on any atom is 0.338 e. The van der Waals surface area contributed by atoms with Gasteiger partial charge in [-0.25, -0.2) is 9.79 Å². The largest absolute Gasteiger partial charge is 0.463 e. The Morgan fingerprint density at radius 2 is 1.81 bits per heavy atom. The molecule has 1 aliphatic heterocycles. The van der Waals surface area contributed by atoms with Crippen LogP contribution in [0.2, 0.25) is 5.02 Å². The summed E-state index contributed by atoms with van der Waals surface area (Å²) in [4.78, 5) is 32.1. The summed E-state index contributed by atoms with van der Waals surface area (Å²) in [6.07, 6.45) is 1.90. The van der Waals surface area contributed by atoms with E-state index in [1.807, 2.05) is 56.3 Å². The molecule has 4 aromatic rings. The Labute approximate surface area is 223 Å². The van der Waals surface area contributed by atoms with Crippen molar-refractivity contribution in [3.63, 3.8) is 0 Å². The van der Waals surface area contributed by atoms with Crippen molar-refractivity contribution in [2.24, 2.45) is 4.99 Å². The number of halogens is 1. The van der Waals surface area contributed by atoms with Gasteiger partial charge >= 0.3 is 5.97 Å². The van der Waals surface area contributed by atoms with E-state index >= 15 is 0 Å². The van der Waals surface area contributed by atoms with Crippen LogP contribution in [0.1, 0.15) is 42.4 Å². The lowest BCUT2D eigenvalue weighted by molar-refractivity contribution is -0.139. The Morgan fingerprint density at radius 1 is 1.11 bits per heavy atom. The summed E-state index contributed by atoms with van der Waals surface area (Å²) in [5, 5.41) is 0.463. The Balaban J connectivity index is 1.72. The van der Waals surface area contributed by atoms with Crippen molar-refractivity contribution in [2.45, 2.75) is 33.7 Å². The number of fused-ring (bicyclic) bond motifs is 1. The fourth-order valence-electron chi connectivity index (χ4n) is 4.83. The molecular formula is C29H26ClN3O3S. The van der Waals surface area contributed by atoms with Crippen LogP contribution in [0.25, 0.3) is 11.8 Å². The summed E-state index contributed by atoms with van der Waals surface area (Å²) >= 11 is 7.88. The zero-order valence-corrected chi connectivity index (χ0v) is 22.6. The minimum Gasteiger partial charge on any atom is -0.463 e. The Kier molecular flexibility index (Phi) is 6.75.